The Morgan fingerprint density at radius 1 is 1.58 bits per heavy atom. The van der Waals surface area contributed by atoms with Crippen LogP contribution >= 0.6 is 11.3 Å². The topological polar surface area (TPSA) is 110 Å². The molecule has 8 heteroatoms. The van der Waals surface area contributed by atoms with Crippen molar-refractivity contribution in [2.24, 2.45) is 5.92 Å². The third-order valence-corrected chi connectivity index (χ3v) is 3.67. The first-order chi connectivity index (χ1) is 8.86. The summed E-state index contributed by atoms with van der Waals surface area (Å²) < 4.78 is 0. The summed E-state index contributed by atoms with van der Waals surface area (Å²) in [5.41, 5.74) is 0.103. The standard InChI is InChI=1S/C11H14N2O5S/c1-3-6(2)9(11(15)16)12-10(14)7-4-8(13(17)18)19-5-7/h4-6,9H,3H2,1-2H3,(H,12,14)(H,15,16)/t6-,9-/m0/s1. The number of hydrogen-bond acceptors (Lipinski definition) is 5. The van der Waals surface area contributed by atoms with E-state index in [4.69, 9.17) is 5.11 Å². The number of nitrogens with zero attached hydrogens (tertiary/aromatic N) is 1. The summed E-state index contributed by atoms with van der Waals surface area (Å²) in [5.74, 6) is -1.96. The molecule has 1 rings (SSSR count). The number of nitrogens with one attached hydrogen (secondary N) is 1. The van der Waals surface area contributed by atoms with E-state index < -0.39 is 22.8 Å². The van der Waals surface area contributed by atoms with Crippen molar-refractivity contribution in [2.45, 2.75) is 26.3 Å². The van der Waals surface area contributed by atoms with Gasteiger partial charge in [0.1, 0.15) is 6.04 Å². The van der Waals surface area contributed by atoms with Gasteiger partial charge in [-0.25, -0.2) is 4.79 Å². The summed E-state index contributed by atoms with van der Waals surface area (Å²) in [6.45, 7) is 3.54. The molecule has 2 atom stereocenters. The van der Waals surface area contributed by atoms with Gasteiger partial charge < -0.3 is 10.4 Å². The van der Waals surface area contributed by atoms with E-state index in [1.165, 1.54) is 5.38 Å². The highest BCUT2D eigenvalue weighted by molar-refractivity contribution is 7.13. The molecular weight excluding hydrogens is 272 g/mol. The minimum Gasteiger partial charge on any atom is -0.480 e. The average Bonchev–Trinajstić information content (AvgIpc) is 2.84. The molecule has 1 aromatic rings. The SMILES string of the molecule is CC[C@H](C)[C@H](NC(=O)c1csc([N+](=O)[O-])c1)C(=O)O. The highest BCUT2D eigenvalue weighted by atomic mass is 32.1. The molecule has 1 amide bonds. The van der Waals surface area contributed by atoms with Crippen molar-refractivity contribution in [2.75, 3.05) is 0 Å². The Balaban J connectivity index is 2.81. The van der Waals surface area contributed by atoms with E-state index in [2.05, 4.69) is 5.32 Å². The lowest BCUT2D eigenvalue weighted by Gasteiger charge is -2.19. The van der Waals surface area contributed by atoms with E-state index >= 15 is 0 Å². The van der Waals surface area contributed by atoms with Crippen LogP contribution in [-0.4, -0.2) is 27.9 Å². The summed E-state index contributed by atoms with van der Waals surface area (Å²) >= 11 is 0.828. The Labute approximate surface area is 113 Å². The van der Waals surface area contributed by atoms with Crippen LogP contribution in [0.5, 0.6) is 0 Å². The van der Waals surface area contributed by atoms with Crippen LogP contribution in [0.25, 0.3) is 0 Å². The number of carbonyl (C=O) groups is 2. The summed E-state index contributed by atoms with van der Waals surface area (Å²) in [4.78, 5) is 32.8. The van der Waals surface area contributed by atoms with Gasteiger partial charge in [0.2, 0.25) is 0 Å². The zero-order valence-corrected chi connectivity index (χ0v) is 11.3. The van der Waals surface area contributed by atoms with Crippen LogP contribution in [0.1, 0.15) is 30.6 Å². The molecule has 0 spiro atoms. The Hall–Kier alpha value is -1.96. The quantitative estimate of drug-likeness (QED) is 0.613. The maximum Gasteiger partial charge on any atom is 0.326 e. The lowest BCUT2D eigenvalue weighted by molar-refractivity contribution is -0.380. The minimum absolute atomic E-state index is 0.103. The normalized spacial score (nSPS) is 13.6. The second-order valence-electron chi connectivity index (χ2n) is 4.11. The Bertz CT molecular complexity index is 499. The molecule has 0 saturated carbocycles. The van der Waals surface area contributed by atoms with E-state index in [0.29, 0.717) is 6.42 Å². The molecule has 0 aliphatic carbocycles. The van der Waals surface area contributed by atoms with Crippen LogP contribution in [0.2, 0.25) is 0 Å². The number of nitro groups is 1. The first-order valence-corrected chi connectivity index (χ1v) is 6.51. The van der Waals surface area contributed by atoms with Gasteiger partial charge in [-0.05, 0) is 5.92 Å². The largest absolute Gasteiger partial charge is 0.480 e. The lowest BCUT2D eigenvalue weighted by Crippen LogP contribution is -2.44. The number of aliphatic carboxylic acids is 1. The Kier molecular flexibility index (Phi) is 4.99. The maximum absolute atomic E-state index is 11.8. The predicted molar refractivity (Wildman–Crippen MR) is 69.3 cm³/mol. The smallest absolute Gasteiger partial charge is 0.326 e. The first-order valence-electron chi connectivity index (χ1n) is 5.63. The third-order valence-electron chi connectivity index (χ3n) is 2.79. The van der Waals surface area contributed by atoms with Crippen LogP contribution < -0.4 is 5.32 Å². The van der Waals surface area contributed by atoms with Crippen LogP contribution in [0.4, 0.5) is 5.00 Å². The molecule has 0 radical (unpaired) electrons. The number of amides is 1. The van der Waals surface area contributed by atoms with Gasteiger partial charge >= 0.3 is 11.0 Å². The van der Waals surface area contributed by atoms with Gasteiger partial charge in [-0.2, -0.15) is 0 Å². The second kappa shape index (κ2) is 6.28. The minimum atomic E-state index is -1.12. The molecule has 7 nitrogen and oxygen atoms in total. The van der Waals surface area contributed by atoms with Crippen molar-refractivity contribution in [1.82, 2.24) is 5.32 Å². The van der Waals surface area contributed by atoms with Gasteiger partial charge in [-0.1, -0.05) is 31.6 Å². The van der Waals surface area contributed by atoms with Crippen molar-refractivity contribution < 1.29 is 19.6 Å². The van der Waals surface area contributed by atoms with Crippen molar-refractivity contribution in [1.29, 1.82) is 0 Å². The fourth-order valence-electron chi connectivity index (χ4n) is 1.45. The van der Waals surface area contributed by atoms with Gasteiger partial charge in [-0.3, -0.25) is 14.9 Å². The van der Waals surface area contributed by atoms with E-state index in [1.807, 2.05) is 6.92 Å². The zero-order valence-electron chi connectivity index (χ0n) is 10.5. The molecule has 0 fully saturated rings. The average molecular weight is 286 g/mol. The van der Waals surface area contributed by atoms with Crippen molar-refractivity contribution >= 4 is 28.2 Å². The van der Waals surface area contributed by atoms with E-state index in [9.17, 15) is 19.7 Å². The number of carbonyl (C=O) groups excluding carboxylic acids is 1. The van der Waals surface area contributed by atoms with Gasteiger partial charge in [0.25, 0.3) is 5.91 Å². The molecule has 104 valence electrons. The van der Waals surface area contributed by atoms with Crippen molar-refractivity contribution in [3.8, 4) is 0 Å². The summed E-state index contributed by atoms with van der Waals surface area (Å²) in [5, 5.41) is 23.1. The molecular formula is C11H14N2O5S. The number of rotatable bonds is 6. The lowest BCUT2D eigenvalue weighted by atomic mass is 9.99. The van der Waals surface area contributed by atoms with Crippen molar-refractivity contribution in [3.05, 3.63) is 27.1 Å². The predicted octanol–water partition coefficient (Wildman–Crippen LogP) is 1.89. The summed E-state index contributed by atoms with van der Waals surface area (Å²) in [7, 11) is 0. The molecule has 0 aliphatic heterocycles. The molecule has 0 bridgehead atoms. The molecule has 2 N–H and O–H groups in total. The van der Waals surface area contributed by atoms with E-state index in [1.54, 1.807) is 6.92 Å². The first kappa shape index (κ1) is 15.1. The second-order valence-corrected chi connectivity index (χ2v) is 5.00. The van der Waals surface area contributed by atoms with E-state index in [0.717, 1.165) is 17.4 Å². The molecule has 0 saturated heterocycles. The summed E-state index contributed by atoms with van der Waals surface area (Å²) in [6, 6.07) is 0.131. The van der Waals surface area contributed by atoms with Gasteiger partial charge in [0, 0.05) is 11.4 Å². The molecule has 0 aromatic carbocycles. The van der Waals surface area contributed by atoms with E-state index in [-0.39, 0.29) is 16.5 Å². The number of thiophene rings is 1. The van der Waals surface area contributed by atoms with Crippen LogP contribution in [0, 0.1) is 16.0 Å². The fraction of sp³-hybridized carbons (Fsp3) is 0.455. The third kappa shape index (κ3) is 3.75. The van der Waals surface area contributed by atoms with Crippen LogP contribution in [0.15, 0.2) is 11.4 Å². The number of hydrogen-bond donors (Lipinski definition) is 2. The maximum atomic E-state index is 11.8. The zero-order chi connectivity index (χ0) is 14.6. The highest BCUT2D eigenvalue weighted by Crippen LogP contribution is 2.22. The van der Waals surface area contributed by atoms with Gasteiger partial charge in [0.15, 0.2) is 0 Å². The van der Waals surface area contributed by atoms with Crippen LogP contribution in [0.3, 0.4) is 0 Å². The molecule has 1 aromatic heterocycles. The number of carboxylic acid groups (broad SMARTS) is 1. The molecule has 19 heavy (non-hydrogen) atoms. The number of carboxylic acids is 1. The van der Waals surface area contributed by atoms with Crippen molar-refractivity contribution in [3.63, 3.8) is 0 Å². The monoisotopic (exact) mass is 286 g/mol. The summed E-state index contributed by atoms with van der Waals surface area (Å²) in [6.07, 6.45) is 0.598. The Morgan fingerprint density at radius 3 is 2.63 bits per heavy atom. The highest BCUT2D eigenvalue weighted by Gasteiger charge is 2.26. The molecule has 0 aliphatic rings. The van der Waals surface area contributed by atoms with Gasteiger partial charge in [0.05, 0.1) is 10.5 Å². The molecule has 1 heterocycles. The van der Waals surface area contributed by atoms with Crippen LogP contribution in [-0.2, 0) is 4.79 Å². The fourth-order valence-corrected chi connectivity index (χ4v) is 2.15. The Morgan fingerprint density at radius 2 is 2.21 bits per heavy atom. The van der Waals surface area contributed by atoms with Gasteiger partial charge in [-0.15, -0.1) is 0 Å². The molecule has 0 unspecified atom stereocenters.